The van der Waals surface area contributed by atoms with Gasteiger partial charge in [-0.25, -0.2) is 4.98 Å². The van der Waals surface area contributed by atoms with Gasteiger partial charge in [-0.3, -0.25) is 0 Å². The summed E-state index contributed by atoms with van der Waals surface area (Å²) in [5, 5.41) is 3.82. The SMILES string of the molecule is CCN(/C(=N\N)c1cccc(N)n1)C(C)C. The molecule has 0 aromatic carbocycles. The van der Waals surface area contributed by atoms with Crippen molar-refractivity contribution < 1.29 is 0 Å². The fourth-order valence-corrected chi connectivity index (χ4v) is 1.62. The van der Waals surface area contributed by atoms with Gasteiger partial charge in [-0.05, 0) is 32.9 Å². The van der Waals surface area contributed by atoms with Gasteiger partial charge in [-0.15, -0.1) is 0 Å². The third kappa shape index (κ3) is 2.62. The predicted octanol–water partition coefficient (Wildman–Crippen LogP) is 1.01. The first kappa shape index (κ1) is 12.3. The lowest BCUT2D eigenvalue weighted by Crippen LogP contribution is -2.38. The zero-order valence-corrected chi connectivity index (χ0v) is 10.0. The first-order valence-corrected chi connectivity index (χ1v) is 5.37. The number of amidine groups is 1. The summed E-state index contributed by atoms with van der Waals surface area (Å²) >= 11 is 0. The van der Waals surface area contributed by atoms with Gasteiger partial charge in [0.2, 0.25) is 0 Å². The van der Waals surface area contributed by atoms with Crippen LogP contribution in [0.3, 0.4) is 0 Å². The smallest absolute Gasteiger partial charge is 0.174 e. The minimum Gasteiger partial charge on any atom is -0.384 e. The number of hydrogen-bond acceptors (Lipinski definition) is 4. The first-order valence-electron chi connectivity index (χ1n) is 5.37. The molecule has 0 aliphatic heterocycles. The monoisotopic (exact) mass is 221 g/mol. The molecule has 16 heavy (non-hydrogen) atoms. The normalized spacial score (nSPS) is 11.9. The second-order valence-corrected chi connectivity index (χ2v) is 3.78. The molecule has 0 saturated carbocycles. The van der Waals surface area contributed by atoms with Crippen molar-refractivity contribution >= 4 is 11.7 Å². The first-order chi connectivity index (χ1) is 7.60. The van der Waals surface area contributed by atoms with Crippen LogP contribution in [0.25, 0.3) is 0 Å². The van der Waals surface area contributed by atoms with Crippen molar-refractivity contribution in [3.8, 4) is 0 Å². The van der Waals surface area contributed by atoms with E-state index >= 15 is 0 Å². The van der Waals surface area contributed by atoms with Crippen molar-refractivity contribution in [1.29, 1.82) is 0 Å². The molecule has 0 atom stereocenters. The van der Waals surface area contributed by atoms with Gasteiger partial charge in [0, 0.05) is 12.6 Å². The summed E-state index contributed by atoms with van der Waals surface area (Å²) in [5.41, 5.74) is 6.35. The van der Waals surface area contributed by atoms with Gasteiger partial charge in [0.25, 0.3) is 0 Å². The van der Waals surface area contributed by atoms with E-state index in [1.54, 1.807) is 6.07 Å². The molecule has 5 nitrogen and oxygen atoms in total. The molecule has 0 radical (unpaired) electrons. The van der Waals surface area contributed by atoms with Crippen LogP contribution in [0.15, 0.2) is 23.3 Å². The van der Waals surface area contributed by atoms with Gasteiger partial charge in [0.15, 0.2) is 5.84 Å². The van der Waals surface area contributed by atoms with Gasteiger partial charge in [0.05, 0.1) is 0 Å². The molecule has 0 bridgehead atoms. The maximum Gasteiger partial charge on any atom is 0.174 e. The van der Waals surface area contributed by atoms with Crippen LogP contribution in [0.1, 0.15) is 26.5 Å². The van der Waals surface area contributed by atoms with Crippen molar-refractivity contribution in [3.63, 3.8) is 0 Å². The molecule has 0 fully saturated rings. The number of nitrogens with two attached hydrogens (primary N) is 2. The van der Waals surface area contributed by atoms with E-state index in [4.69, 9.17) is 11.6 Å². The standard InChI is InChI=1S/C11H19N5/c1-4-16(8(2)3)11(15-13)9-6-5-7-10(12)14-9/h5-8H,4,13H2,1-3H3,(H2,12,14)/b15-11-. The van der Waals surface area contributed by atoms with E-state index in [1.807, 2.05) is 12.1 Å². The molecule has 1 aromatic heterocycles. The maximum atomic E-state index is 5.64. The minimum atomic E-state index is 0.315. The summed E-state index contributed by atoms with van der Waals surface area (Å²) in [6.07, 6.45) is 0. The topological polar surface area (TPSA) is 80.5 Å². The number of hydrogen-bond donors (Lipinski definition) is 2. The highest BCUT2D eigenvalue weighted by atomic mass is 15.3. The molecule has 0 spiro atoms. The molecule has 1 rings (SSSR count). The molecule has 5 heteroatoms. The van der Waals surface area contributed by atoms with Crippen molar-refractivity contribution in [2.45, 2.75) is 26.8 Å². The Morgan fingerprint density at radius 1 is 1.50 bits per heavy atom. The van der Waals surface area contributed by atoms with Gasteiger partial charge < -0.3 is 16.5 Å². The predicted molar refractivity (Wildman–Crippen MR) is 66.9 cm³/mol. The summed E-state index contributed by atoms with van der Waals surface area (Å²) < 4.78 is 0. The molecule has 1 heterocycles. The Morgan fingerprint density at radius 2 is 2.19 bits per heavy atom. The molecule has 88 valence electrons. The molecule has 0 unspecified atom stereocenters. The highest BCUT2D eigenvalue weighted by Crippen LogP contribution is 2.08. The van der Waals surface area contributed by atoms with E-state index in [0.717, 1.165) is 6.54 Å². The number of anilines is 1. The van der Waals surface area contributed by atoms with Gasteiger partial charge in [-0.1, -0.05) is 6.07 Å². The molecule has 1 aromatic rings. The summed E-state index contributed by atoms with van der Waals surface area (Å²) in [4.78, 5) is 6.29. The number of hydrazone groups is 1. The van der Waals surface area contributed by atoms with Crippen molar-refractivity contribution in [2.75, 3.05) is 12.3 Å². The van der Waals surface area contributed by atoms with Crippen molar-refractivity contribution in [2.24, 2.45) is 10.9 Å². The fraction of sp³-hybridized carbons (Fsp3) is 0.455. The summed E-state index contributed by atoms with van der Waals surface area (Å²) in [7, 11) is 0. The van der Waals surface area contributed by atoms with Crippen LogP contribution in [0, 0.1) is 0 Å². The molecular formula is C11H19N5. The third-order valence-corrected chi connectivity index (χ3v) is 2.36. The fourth-order valence-electron chi connectivity index (χ4n) is 1.62. The van der Waals surface area contributed by atoms with Crippen LogP contribution in [0.2, 0.25) is 0 Å². The molecule has 0 aliphatic rings. The Kier molecular flexibility index (Phi) is 4.10. The number of nitrogens with zero attached hydrogens (tertiary/aromatic N) is 3. The lowest BCUT2D eigenvalue weighted by atomic mass is 10.2. The van der Waals surface area contributed by atoms with Crippen LogP contribution < -0.4 is 11.6 Å². The number of aromatic nitrogens is 1. The minimum absolute atomic E-state index is 0.315. The van der Waals surface area contributed by atoms with E-state index in [-0.39, 0.29) is 0 Å². The summed E-state index contributed by atoms with van der Waals surface area (Å²) in [5.74, 6) is 6.58. The number of nitrogen functional groups attached to an aromatic ring is 1. The molecular weight excluding hydrogens is 202 g/mol. The number of pyridine rings is 1. The second kappa shape index (κ2) is 5.34. The van der Waals surface area contributed by atoms with Crippen molar-refractivity contribution in [1.82, 2.24) is 9.88 Å². The molecule has 0 amide bonds. The Hall–Kier alpha value is -1.78. The Balaban J connectivity index is 3.08. The van der Waals surface area contributed by atoms with Crippen LogP contribution in [-0.4, -0.2) is 28.3 Å². The van der Waals surface area contributed by atoms with E-state index in [1.165, 1.54) is 0 Å². The Morgan fingerprint density at radius 3 is 2.62 bits per heavy atom. The number of rotatable bonds is 3. The second-order valence-electron chi connectivity index (χ2n) is 3.78. The lowest BCUT2D eigenvalue weighted by molar-refractivity contribution is 0.366. The average Bonchev–Trinajstić information content (AvgIpc) is 2.25. The van der Waals surface area contributed by atoms with Crippen LogP contribution in [-0.2, 0) is 0 Å². The largest absolute Gasteiger partial charge is 0.384 e. The molecule has 0 saturated heterocycles. The van der Waals surface area contributed by atoms with Crippen LogP contribution in [0.5, 0.6) is 0 Å². The van der Waals surface area contributed by atoms with E-state index < -0.39 is 0 Å². The van der Waals surface area contributed by atoms with E-state index in [9.17, 15) is 0 Å². The third-order valence-electron chi connectivity index (χ3n) is 2.36. The van der Waals surface area contributed by atoms with E-state index in [0.29, 0.717) is 23.4 Å². The summed E-state index contributed by atoms with van der Waals surface area (Å²) in [6, 6.07) is 5.75. The molecule has 4 N–H and O–H groups in total. The van der Waals surface area contributed by atoms with Gasteiger partial charge >= 0.3 is 0 Å². The van der Waals surface area contributed by atoms with E-state index in [2.05, 4.69) is 35.8 Å². The summed E-state index contributed by atoms with van der Waals surface area (Å²) in [6.45, 7) is 7.05. The zero-order chi connectivity index (χ0) is 12.1. The van der Waals surface area contributed by atoms with Crippen LogP contribution in [0.4, 0.5) is 5.82 Å². The highest BCUT2D eigenvalue weighted by Gasteiger charge is 2.16. The lowest BCUT2D eigenvalue weighted by Gasteiger charge is -2.27. The Labute approximate surface area is 96.1 Å². The maximum absolute atomic E-state index is 5.64. The van der Waals surface area contributed by atoms with Crippen molar-refractivity contribution in [3.05, 3.63) is 23.9 Å². The average molecular weight is 221 g/mol. The van der Waals surface area contributed by atoms with Gasteiger partial charge in [-0.2, -0.15) is 5.10 Å². The molecule has 0 aliphatic carbocycles. The van der Waals surface area contributed by atoms with Crippen LogP contribution >= 0.6 is 0 Å². The highest BCUT2D eigenvalue weighted by molar-refractivity contribution is 5.97. The Bertz CT molecular complexity index is 372. The zero-order valence-electron chi connectivity index (χ0n) is 10.0. The van der Waals surface area contributed by atoms with Gasteiger partial charge in [0.1, 0.15) is 11.5 Å². The quantitative estimate of drug-likeness (QED) is 0.345.